The number of amides is 1. The molecule has 2 fully saturated rings. The summed E-state index contributed by atoms with van der Waals surface area (Å²) in [5.41, 5.74) is 5.52. The van der Waals surface area contributed by atoms with Crippen LogP contribution in [0.5, 0.6) is 0 Å². The molecule has 19 heteroatoms. The number of carbonyl (C=O) groups is 2. The van der Waals surface area contributed by atoms with Crippen LogP contribution in [0.3, 0.4) is 0 Å². The van der Waals surface area contributed by atoms with Crippen molar-refractivity contribution >= 4 is 57.8 Å². The van der Waals surface area contributed by atoms with E-state index in [0.717, 1.165) is 48.9 Å². The Bertz CT molecular complexity index is 3030. The summed E-state index contributed by atoms with van der Waals surface area (Å²) in [5, 5.41) is 29.4. The fraction of sp³-hybridized carbons (Fsp3) is 0.280. The number of carboxylic acid groups (broad SMARTS) is 1. The van der Waals surface area contributed by atoms with E-state index in [1.165, 1.54) is 12.7 Å². The van der Waals surface area contributed by atoms with Gasteiger partial charge in [0.1, 0.15) is 53.0 Å². The summed E-state index contributed by atoms with van der Waals surface area (Å²) in [6.07, 6.45) is 7.24. The van der Waals surface area contributed by atoms with Crippen molar-refractivity contribution in [1.82, 2.24) is 44.0 Å². The monoisotopic (exact) mass is 931 g/mol. The molecule has 2 aliphatic heterocycles. The Morgan fingerprint density at radius 3 is 1.55 bits per heavy atom. The first-order valence-electron chi connectivity index (χ1n) is 22.9. The Morgan fingerprint density at radius 2 is 1.10 bits per heavy atom. The second kappa shape index (κ2) is 21.3. The molecule has 0 aliphatic carbocycles. The number of aromatic nitrogens is 8. The number of carboxylic acids is 1. The molecule has 6 aromatic heterocycles. The number of imidazole rings is 2. The van der Waals surface area contributed by atoms with Gasteiger partial charge in [-0.15, -0.1) is 0 Å². The molecular weight excluding hydrogens is 879 g/mol. The average Bonchev–Trinajstić information content (AvgIpc) is 3.99. The molecule has 1 amide bonds. The average molecular weight is 932 g/mol. The molecule has 354 valence electrons. The number of hydrogen-bond acceptors (Lipinski definition) is 15. The summed E-state index contributed by atoms with van der Waals surface area (Å²) in [7, 11) is 0. The van der Waals surface area contributed by atoms with Crippen molar-refractivity contribution < 1.29 is 29.3 Å². The zero-order chi connectivity index (χ0) is 47.7. The van der Waals surface area contributed by atoms with Crippen LogP contribution < -0.4 is 25.8 Å². The fourth-order valence-corrected chi connectivity index (χ4v) is 8.39. The predicted octanol–water partition coefficient (Wildman–Crippen LogP) is 6.58. The Kier molecular flexibility index (Phi) is 14.2. The van der Waals surface area contributed by atoms with Crippen LogP contribution in [0.4, 0.5) is 34.6 Å². The maximum Gasteiger partial charge on any atom is 0.355 e. The molecule has 0 spiro atoms. The number of aliphatic hydroxyl groups excluding tert-OH is 1. The minimum absolute atomic E-state index is 0.113. The minimum atomic E-state index is -1.04. The number of nitrogens with one attached hydrogen (secondary N) is 3. The second-order valence-corrected chi connectivity index (χ2v) is 16.8. The van der Waals surface area contributed by atoms with Crippen LogP contribution >= 0.6 is 0 Å². The lowest BCUT2D eigenvalue weighted by Crippen LogP contribution is -2.39. The van der Waals surface area contributed by atoms with Crippen molar-refractivity contribution in [1.29, 1.82) is 0 Å². The Morgan fingerprint density at radius 1 is 0.638 bits per heavy atom. The molecule has 19 nitrogen and oxygen atoms in total. The first kappa shape index (κ1) is 46.1. The zero-order valence-corrected chi connectivity index (χ0v) is 38.3. The van der Waals surface area contributed by atoms with Crippen molar-refractivity contribution in [2.75, 3.05) is 79.6 Å². The van der Waals surface area contributed by atoms with Crippen molar-refractivity contribution in [3.8, 4) is 22.5 Å². The van der Waals surface area contributed by atoms with E-state index >= 15 is 0 Å². The lowest BCUT2D eigenvalue weighted by Gasteiger charge is -2.27. The number of ether oxygens (including phenoxy) is 2. The van der Waals surface area contributed by atoms with E-state index in [2.05, 4.69) is 64.5 Å². The van der Waals surface area contributed by atoms with E-state index in [9.17, 15) is 19.8 Å². The molecule has 0 radical (unpaired) electrons. The van der Waals surface area contributed by atoms with Crippen molar-refractivity contribution in [3.05, 3.63) is 133 Å². The number of fused-ring (bicyclic) bond motifs is 2. The number of carbonyl (C=O) groups excluding carboxylic acids is 1. The third-order valence-corrected chi connectivity index (χ3v) is 11.6. The molecule has 8 heterocycles. The number of anilines is 6. The highest BCUT2D eigenvalue weighted by Gasteiger charge is 2.26. The van der Waals surface area contributed by atoms with Gasteiger partial charge in [-0.2, -0.15) is 0 Å². The van der Waals surface area contributed by atoms with Crippen molar-refractivity contribution in [2.45, 2.75) is 26.3 Å². The topological polar surface area (TPSA) is 222 Å². The van der Waals surface area contributed by atoms with E-state index in [1.54, 1.807) is 21.1 Å². The summed E-state index contributed by atoms with van der Waals surface area (Å²) in [6.45, 7) is 9.76. The Balaban J connectivity index is 0.000000175. The summed E-state index contributed by atoms with van der Waals surface area (Å²) in [6, 6.07) is 29.8. The lowest BCUT2D eigenvalue weighted by molar-refractivity contribution is 0.0690. The number of rotatable bonds is 14. The van der Waals surface area contributed by atoms with Gasteiger partial charge in [0.15, 0.2) is 17.0 Å². The molecule has 2 saturated heterocycles. The summed E-state index contributed by atoms with van der Waals surface area (Å²) < 4.78 is 14.2. The number of aliphatic hydroxyl groups is 1. The third-order valence-electron chi connectivity index (χ3n) is 11.6. The molecule has 0 unspecified atom stereocenters. The van der Waals surface area contributed by atoms with E-state index in [4.69, 9.17) is 14.5 Å². The van der Waals surface area contributed by atoms with Gasteiger partial charge in [0.25, 0.3) is 5.91 Å². The standard InChI is InChI=1S/C28H33N7O3.C22H20N6O3/c1-19(2)15-21(17-36)31-28(37)26-25(20-7-4-3-5-8-20)33-27-22(9-6-10-35(26)27)32-23-16-24(30-18-29-23)34-11-13-38-14-12-34;29-22(30)20-19(15-5-2-1-3-6-15)26-21-16(7-4-8-28(20)21)25-17-13-18(24-14-23-17)27-9-11-31-12-10-27/h3-10,16,18-19,21,36H,11-15,17H2,1-2H3,(H,31,37)(H,29,30,32);1-8,13-14H,9-12H2,(H,29,30)(H,23,24,25)/t21-;/m0./s1. The van der Waals surface area contributed by atoms with E-state index in [-0.39, 0.29) is 24.2 Å². The zero-order valence-electron chi connectivity index (χ0n) is 38.3. The van der Waals surface area contributed by atoms with Gasteiger partial charge in [-0.3, -0.25) is 13.6 Å². The van der Waals surface area contributed by atoms with Crippen molar-refractivity contribution in [2.24, 2.45) is 5.92 Å². The van der Waals surface area contributed by atoms with Gasteiger partial charge in [0, 0.05) is 61.8 Å². The number of aromatic carboxylic acids is 1. The highest BCUT2D eigenvalue weighted by Crippen LogP contribution is 2.32. The maximum absolute atomic E-state index is 13.6. The van der Waals surface area contributed by atoms with Crippen LogP contribution in [0, 0.1) is 5.92 Å². The van der Waals surface area contributed by atoms with Gasteiger partial charge in [0.2, 0.25) is 0 Å². The van der Waals surface area contributed by atoms with Gasteiger partial charge in [-0.25, -0.2) is 34.7 Å². The van der Waals surface area contributed by atoms with Crippen LogP contribution in [0.1, 0.15) is 41.2 Å². The van der Waals surface area contributed by atoms with Crippen LogP contribution in [0.15, 0.2) is 122 Å². The molecule has 8 aromatic rings. The molecule has 0 bridgehead atoms. The first-order valence-corrected chi connectivity index (χ1v) is 22.9. The summed E-state index contributed by atoms with van der Waals surface area (Å²) in [5.74, 6) is 1.87. The minimum Gasteiger partial charge on any atom is -0.476 e. The van der Waals surface area contributed by atoms with Crippen LogP contribution in [0.25, 0.3) is 33.8 Å². The number of benzene rings is 2. The van der Waals surface area contributed by atoms with E-state index in [1.807, 2.05) is 97.2 Å². The normalized spacial score (nSPS) is 14.3. The molecule has 2 aromatic carbocycles. The quantitative estimate of drug-likeness (QED) is 0.0777. The summed E-state index contributed by atoms with van der Waals surface area (Å²) in [4.78, 5) is 57.1. The van der Waals surface area contributed by atoms with E-state index in [0.29, 0.717) is 90.2 Å². The van der Waals surface area contributed by atoms with E-state index < -0.39 is 5.97 Å². The Hall–Kier alpha value is -8.00. The SMILES string of the molecule is CC(C)C[C@@H](CO)NC(=O)c1c(-c2ccccc2)nc2c(Nc3cc(N4CCOCC4)ncn3)cccn12.O=C(O)c1c(-c2ccccc2)nc2c(Nc3cc(N4CCOCC4)ncn3)cccn12. The smallest absolute Gasteiger partial charge is 0.355 e. The molecule has 2 aliphatic rings. The number of pyridine rings is 2. The predicted molar refractivity (Wildman–Crippen MR) is 263 cm³/mol. The van der Waals surface area contributed by atoms with Gasteiger partial charge in [0.05, 0.1) is 50.5 Å². The molecule has 5 N–H and O–H groups in total. The van der Waals surface area contributed by atoms with Gasteiger partial charge in [-0.05, 0) is 36.6 Å². The molecule has 1 atom stereocenters. The third kappa shape index (κ3) is 10.6. The molecular formula is C50H53N13O6. The van der Waals surface area contributed by atoms with Gasteiger partial charge < -0.3 is 45.4 Å². The second-order valence-electron chi connectivity index (χ2n) is 16.8. The van der Waals surface area contributed by atoms with Crippen LogP contribution in [-0.4, -0.2) is 126 Å². The maximum atomic E-state index is 13.6. The van der Waals surface area contributed by atoms with Crippen molar-refractivity contribution in [3.63, 3.8) is 0 Å². The fourth-order valence-electron chi connectivity index (χ4n) is 8.39. The highest BCUT2D eigenvalue weighted by atomic mass is 16.5. The van der Waals surface area contributed by atoms with Gasteiger partial charge >= 0.3 is 5.97 Å². The highest BCUT2D eigenvalue weighted by molar-refractivity contribution is 6.01. The molecule has 69 heavy (non-hydrogen) atoms. The van der Waals surface area contributed by atoms with Gasteiger partial charge in [-0.1, -0.05) is 74.5 Å². The lowest BCUT2D eigenvalue weighted by atomic mass is 10.0. The number of nitrogens with zero attached hydrogens (tertiary/aromatic N) is 10. The molecule has 10 rings (SSSR count). The first-order chi connectivity index (χ1) is 33.7. The largest absolute Gasteiger partial charge is 0.476 e. The van der Waals surface area contributed by atoms with Crippen LogP contribution in [-0.2, 0) is 9.47 Å². The number of morpholine rings is 2. The Labute approximate surface area is 397 Å². The molecule has 0 saturated carbocycles. The van der Waals surface area contributed by atoms with Crippen LogP contribution in [0.2, 0.25) is 0 Å². The summed E-state index contributed by atoms with van der Waals surface area (Å²) >= 11 is 0. The number of hydrogen-bond donors (Lipinski definition) is 5.